The van der Waals surface area contributed by atoms with Gasteiger partial charge in [0, 0.05) is 17.1 Å². The van der Waals surface area contributed by atoms with E-state index in [9.17, 15) is 0 Å². The van der Waals surface area contributed by atoms with Gasteiger partial charge in [0.2, 0.25) is 0 Å². The van der Waals surface area contributed by atoms with Crippen molar-refractivity contribution in [3.63, 3.8) is 0 Å². The predicted molar refractivity (Wildman–Crippen MR) is 80.3 cm³/mol. The van der Waals surface area contributed by atoms with Gasteiger partial charge < -0.3 is 5.32 Å². The van der Waals surface area contributed by atoms with Gasteiger partial charge in [-0.1, -0.05) is 43.6 Å². The summed E-state index contributed by atoms with van der Waals surface area (Å²) in [5, 5.41) is 4.30. The molecule has 1 rings (SSSR count). The molecule has 0 heterocycles. The van der Waals surface area contributed by atoms with Crippen molar-refractivity contribution in [3.05, 3.63) is 34.9 Å². The van der Waals surface area contributed by atoms with Crippen LogP contribution in [0.4, 0.5) is 0 Å². The second-order valence-corrected chi connectivity index (χ2v) is 5.55. The number of rotatable bonds is 7. The van der Waals surface area contributed by atoms with Crippen molar-refractivity contribution in [1.82, 2.24) is 10.2 Å². The monoisotopic (exact) mass is 268 g/mol. The van der Waals surface area contributed by atoms with Crippen LogP contribution < -0.4 is 5.32 Å². The summed E-state index contributed by atoms with van der Waals surface area (Å²) >= 11 is 6.23. The van der Waals surface area contributed by atoms with Crippen molar-refractivity contribution >= 4 is 11.6 Å². The minimum absolute atomic E-state index is 0.359. The Morgan fingerprint density at radius 2 is 1.89 bits per heavy atom. The summed E-state index contributed by atoms with van der Waals surface area (Å²) < 4.78 is 0. The first-order chi connectivity index (χ1) is 8.52. The Hall–Kier alpha value is -0.570. The lowest BCUT2D eigenvalue weighted by Gasteiger charge is -2.26. The van der Waals surface area contributed by atoms with E-state index < -0.39 is 0 Å². The van der Waals surface area contributed by atoms with Crippen LogP contribution in [0.25, 0.3) is 0 Å². The molecule has 1 N–H and O–H groups in total. The second kappa shape index (κ2) is 7.78. The molecule has 0 saturated carbocycles. The molecule has 0 spiro atoms. The fraction of sp³-hybridized carbons (Fsp3) is 0.600. The van der Waals surface area contributed by atoms with Crippen LogP contribution in [0.3, 0.4) is 0 Å². The van der Waals surface area contributed by atoms with Crippen LogP contribution in [0.5, 0.6) is 0 Å². The lowest BCUT2D eigenvalue weighted by atomic mass is 10.1. The highest BCUT2D eigenvalue weighted by atomic mass is 35.5. The third-order valence-corrected chi connectivity index (χ3v) is 3.60. The zero-order chi connectivity index (χ0) is 13.5. The first kappa shape index (κ1) is 15.5. The summed E-state index contributed by atoms with van der Waals surface area (Å²) in [6, 6.07) is 9.02. The number of nitrogens with zero attached hydrogens (tertiary/aromatic N) is 1. The number of hydrogen-bond acceptors (Lipinski definition) is 2. The minimum Gasteiger partial charge on any atom is -0.314 e. The average molecular weight is 269 g/mol. The standard InChI is InChI=1S/C15H25ClN2/c1-12(2)17-10-7-11-18(4)13(3)14-8-5-6-9-15(14)16/h5-6,8-9,12-13,17H,7,10-11H2,1-4H3. The molecule has 1 aromatic rings. The Kier molecular flexibility index (Phi) is 6.69. The highest BCUT2D eigenvalue weighted by Gasteiger charge is 2.13. The van der Waals surface area contributed by atoms with Crippen LogP contribution in [-0.4, -0.2) is 31.1 Å². The molecular formula is C15H25ClN2. The summed E-state index contributed by atoms with van der Waals surface area (Å²) in [5.74, 6) is 0. The van der Waals surface area contributed by atoms with Gasteiger partial charge in [0.05, 0.1) is 0 Å². The van der Waals surface area contributed by atoms with E-state index in [2.05, 4.69) is 44.1 Å². The third kappa shape index (κ3) is 4.97. The molecule has 1 aromatic carbocycles. The summed E-state index contributed by atoms with van der Waals surface area (Å²) in [5.41, 5.74) is 1.21. The highest BCUT2D eigenvalue weighted by Crippen LogP contribution is 2.25. The van der Waals surface area contributed by atoms with E-state index in [4.69, 9.17) is 11.6 Å². The normalized spacial score (nSPS) is 13.3. The molecule has 0 amide bonds. The molecule has 0 saturated heterocycles. The zero-order valence-corrected chi connectivity index (χ0v) is 12.7. The molecule has 18 heavy (non-hydrogen) atoms. The average Bonchev–Trinajstić information content (AvgIpc) is 2.34. The summed E-state index contributed by atoms with van der Waals surface area (Å²) in [4.78, 5) is 2.35. The summed E-state index contributed by atoms with van der Waals surface area (Å²) in [6.07, 6.45) is 1.16. The predicted octanol–water partition coefficient (Wildman–Crippen LogP) is 3.72. The SMILES string of the molecule is CC(C)NCCCN(C)C(C)c1ccccc1Cl. The van der Waals surface area contributed by atoms with E-state index in [-0.39, 0.29) is 0 Å². The van der Waals surface area contributed by atoms with Crippen molar-refractivity contribution in [2.75, 3.05) is 20.1 Å². The topological polar surface area (TPSA) is 15.3 Å². The smallest absolute Gasteiger partial charge is 0.0453 e. The molecule has 0 radical (unpaired) electrons. The molecule has 0 aromatic heterocycles. The van der Waals surface area contributed by atoms with Crippen LogP contribution in [0.2, 0.25) is 5.02 Å². The van der Waals surface area contributed by atoms with Gasteiger partial charge in [-0.15, -0.1) is 0 Å². The van der Waals surface area contributed by atoms with Crippen LogP contribution in [0.15, 0.2) is 24.3 Å². The zero-order valence-electron chi connectivity index (χ0n) is 11.9. The quantitative estimate of drug-likeness (QED) is 0.759. The van der Waals surface area contributed by atoms with Crippen molar-refractivity contribution in [3.8, 4) is 0 Å². The van der Waals surface area contributed by atoms with Gasteiger partial charge in [-0.25, -0.2) is 0 Å². The van der Waals surface area contributed by atoms with E-state index in [1.807, 2.05) is 18.2 Å². The van der Waals surface area contributed by atoms with E-state index >= 15 is 0 Å². The largest absolute Gasteiger partial charge is 0.314 e. The lowest BCUT2D eigenvalue weighted by Crippen LogP contribution is -2.29. The van der Waals surface area contributed by atoms with Crippen LogP contribution in [0.1, 0.15) is 38.8 Å². The van der Waals surface area contributed by atoms with E-state index in [1.54, 1.807) is 0 Å². The maximum absolute atomic E-state index is 6.23. The Bertz CT molecular complexity index is 352. The van der Waals surface area contributed by atoms with Gasteiger partial charge in [0.1, 0.15) is 0 Å². The maximum atomic E-state index is 6.23. The molecule has 102 valence electrons. The molecule has 0 fully saturated rings. The van der Waals surface area contributed by atoms with Gasteiger partial charge in [0.25, 0.3) is 0 Å². The van der Waals surface area contributed by atoms with Gasteiger partial charge in [0.15, 0.2) is 0 Å². The Balaban J connectivity index is 2.42. The fourth-order valence-corrected chi connectivity index (χ4v) is 2.26. The first-order valence-electron chi connectivity index (χ1n) is 6.70. The molecule has 0 aliphatic carbocycles. The molecule has 0 aliphatic rings. The van der Waals surface area contributed by atoms with Crippen molar-refractivity contribution in [2.24, 2.45) is 0 Å². The minimum atomic E-state index is 0.359. The van der Waals surface area contributed by atoms with Crippen LogP contribution >= 0.6 is 11.6 Å². The maximum Gasteiger partial charge on any atom is 0.0453 e. The van der Waals surface area contributed by atoms with E-state index in [0.29, 0.717) is 12.1 Å². The number of benzene rings is 1. The Morgan fingerprint density at radius 3 is 2.50 bits per heavy atom. The van der Waals surface area contributed by atoms with Crippen molar-refractivity contribution in [1.29, 1.82) is 0 Å². The summed E-state index contributed by atoms with van der Waals surface area (Å²) in [7, 11) is 2.16. The number of hydrogen-bond donors (Lipinski definition) is 1. The van der Waals surface area contributed by atoms with Gasteiger partial charge in [-0.05, 0) is 45.1 Å². The molecular weight excluding hydrogens is 244 g/mol. The molecule has 2 nitrogen and oxygen atoms in total. The Labute approximate surface area is 116 Å². The van der Waals surface area contributed by atoms with Gasteiger partial charge in [-0.2, -0.15) is 0 Å². The van der Waals surface area contributed by atoms with Gasteiger partial charge >= 0.3 is 0 Å². The van der Waals surface area contributed by atoms with E-state index in [1.165, 1.54) is 5.56 Å². The highest BCUT2D eigenvalue weighted by molar-refractivity contribution is 6.31. The van der Waals surface area contributed by atoms with Crippen molar-refractivity contribution in [2.45, 2.75) is 39.3 Å². The number of nitrogens with one attached hydrogen (secondary N) is 1. The Morgan fingerprint density at radius 1 is 1.22 bits per heavy atom. The van der Waals surface area contributed by atoms with Crippen LogP contribution in [-0.2, 0) is 0 Å². The molecule has 1 unspecified atom stereocenters. The van der Waals surface area contributed by atoms with Crippen molar-refractivity contribution < 1.29 is 0 Å². The fourth-order valence-electron chi connectivity index (χ4n) is 1.96. The lowest BCUT2D eigenvalue weighted by molar-refractivity contribution is 0.256. The first-order valence-corrected chi connectivity index (χ1v) is 7.08. The summed E-state index contributed by atoms with van der Waals surface area (Å²) in [6.45, 7) is 8.70. The molecule has 1 atom stereocenters. The van der Waals surface area contributed by atoms with Gasteiger partial charge in [-0.3, -0.25) is 4.90 Å². The third-order valence-electron chi connectivity index (χ3n) is 3.26. The molecule has 0 bridgehead atoms. The second-order valence-electron chi connectivity index (χ2n) is 5.14. The van der Waals surface area contributed by atoms with Crippen LogP contribution in [0, 0.1) is 0 Å². The number of halogens is 1. The molecule has 0 aliphatic heterocycles. The molecule has 3 heteroatoms. The van der Waals surface area contributed by atoms with E-state index in [0.717, 1.165) is 24.5 Å².